The molecule has 0 aliphatic carbocycles. The van der Waals surface area contributed by atoms with Crippen molar-refractivity contribution in [1.29, 1.82) is 0 Å². The Morgan fingerprint density at radius 1 is 1.38 bits per heavy atom. The molecule has 1 heterocycles. The minimum absolute atomic E-state index is 0.0579. The summed E-state index contributed by atoms with van der Waals surface area (Å²) in [5, 5.41) is 2.45. The minimum Gasteiger partial charge on any atom is -0.386 e. The van der Waals surface area contributed by atoms with Gasteiger partial charge in [-0.25, -0.2) is 0 Å². The van der Waals surface area contributed by atoms with Crippen molar-refractivity contribution in [1.82, 2.24) is 5.32 Å². The van der Waals surface area contributed by atoms with Crippen molar-refractivity contribution in [2.24, 2.45) is 10.7 Å². The number of aliphatic imine (C=N–C) groups is 1. The fourth-order valence-corrected chi connectivity index (χ4v) is 2.25. The summed E-state index contributed by atoms with van der Waals surface area (Å²) in [5.41, 5.74) is 7.77. The van der Waals surface area contributed by atoms with Crippen molar-refractivity contribution >= 4 is 12.1 Å². The lowest BCUT2D eigenvalue weighted by Gasteiger charge is -2.13. The van der Waals surface area contributed by atoms with E-state index in [1.165, 1.54) is 0 Å². The number of ether oxygens (including phenoxy) is 2. The Morgan fingerprint density at radius 3 is 2.58 bits per heavy atom. The second-order valence-corrected chi connectivity index (χ2v) is 5.85. The molecule has 0 saturated carbocycles. The SMILES string of the molecule is C=C(N)NC(=O)C(/N=C\C(=C)[C@H]1CC[C@@H](COC)O1)=C(/C)C(=C)C. The molecule has 1 aliphatic rings. The number of nitrogens with zero attached hydrogens (tertiary/aromatic N) is 1. The average Bonchev–Trinajstić information content (AvgIpc) is 2.95. The van der Waals surface area contributed by atoms with E-state index in [9.17, 15) is 4.79 Å². The van der Waals surface area contributed by atoms with Crippen molar-refractivity contribution in [3.8, 4) is 0 Å². The normalized spacial score (nSPS) is 21.5. The molecule has 0 radical (unpaired) electrons. The molecular weight excluding hydrogens is 306 g/mol. The first-order chi connectivity index (χ1) is 11.3. The van der Waals surface area contributed by atoms with Crippen molar-refractivity contribution in [3.05, 3.63) is 48.0 Å². The van der Waals surface area contributed by atoms with Gasteiger partial charge >= 0.3 is 0 Å². The number of allylic oxidation sites excluding steroid dienone is 2. The zero-order valence-corrected chi connectivity index (χ0v) is 14.7. The van der Waals surface area contributed by atoms with E-state index in [2.05, 4.69) is 30.0 Å². The molecule has 0 aromatic heterocycles. The second kappa shape index (κ2) is 9.20. The minimum atomic E-state index is -0.434. The van der Waals surface area contributed by atoms with Gasteiger partial charge < -0.3 is 20.5 Å². The molecule has 1 fully saturated rings. The van der Waals surface area contributed by atoms with Gasteiger partial charge in [0.05, 0.1) is 24.6 Å². The summed E-state index contributed by atoms with van der Waals surface area (Å²) in [6.45, 7) is 15.4. The number of hydrogen-bond donors (Lipinski definition) is 2. The standard InChI is InChI=1S/C18H27N3O3/c1-11(2)13(4)17(18(22)21-14(5)19)20-9-12(3)16-8-7-15(24-16)10-23-6/h9,15-16H,1,3,5,7-8,10,19H2,2,4,6H3,(H,21,22)/b17-13+,20-9-/t15-,16+/m0/s1. The first-order valence-electron chi connectivity index (χ1n) is 7.76. The Kier molecular flexibility index (Phi) is 7.61. The van der Waals surface area contributed by atoms with Gasteiger partial charge in [-0.3, -0.25) is 9.79 Å². The highest BCUT2D eigenvalue weighted by Gasteiger charge is 2.26. The summed E-state index contributed by atoms with van der Waals surface area (Å²) < 4.78 is 10.9. The van der Waals surface area contributed by atoms with Crippen LogP contribution in [0.5, 0.6) is 0 Å². The first kappa shape index (κ1) is 19.9. The van der Waals surface area contributed by atoms with Crippen LogP contribution in [0.25, 0.3) is 0 Å². The van der Waals surface area contributed by atoms with Crippen LogP contribution in [0.2, 0.25) is 0 Å². The number of methoxy groups -OCH3 is 1. The monoisotopic (exact) mass is 333 g/mol. The molecule has 0 aromatic rings. The molecule has 2 atom stereocenters. The topological polar surface area (TPSA) is 85.9 Å². The molecule has 132 valence electrons. The molecule has 3 N–H and O–H groups in total. The highest BCUT2D eigenvalue weighted by molar-refractivity contribution is 5.98. The number of nitrogens with two attached hydrogens (primary N) is 1. The van der Waals surface area contributed by atoms with Gasteiger partial charge in [0.25, 0.3) is 5.91 Å². The first-order valence-corrected chi connectivity index (χ1v) is 7.76. The third-order valence-corrected chi connectivity index (χ3v) is 3.72. The Bertz CT molecular complexity index is 590. The molecule has 1 aliphatic heterocycles. The predicted molar refractivity (Wildman–Crippen MR) is 96.4 cm³/mol. The van der Waals surface area contributed by atoms with E-state index < -0.39 is 5.91 Å². The lowest BCUT2D eigenvalue weighted by molar-refractivity contribution is -0.116. The van der Waals surface area contributed by atoms with Gasteiger partial charge in [0, 0.05) is 13.3 Å². The summed E-state index contributed by atoms with van der Waals surface area (Å²) in [6, 6.07) is 0. The van der Waals surface area contributed by atoms with Crippen LogP contribution >= 0.6 is 0 Å². The molecule has 6 nitrogen and oxygen atoms in total. The summed E-state index contributed by atoms with van der Waals surface area (Å²) >= 11 is 0. The number of nitrogens with one attached hydrogen (secondary N) is 1. The molecular formula is C18H27N3O3. The van der Waals surface area contributed by atoms with Crippen LogP contribution in [0, 0.1) is 0 Å². The average molecular weight is 333 g/mol. The third kappa shape index (κ3) is 5.79. The Hall–Kier alpha value is -2.18. The molecule has 6 heteroatoms. The number of rotatable bonds is 8. The van der Waals surface area contributed by atoms with Crippen LogP contribution in [-0.2, 0) is 14.3 Å². The molecule has 0 unspecified atom stereocenters. The fraction of sp³-hybridized carbons (Fsp3) is 0.444. The smallest absolute Gasteiger partial charge is 0.275 e. The molecule has 0 bridgehead atoms. The van der Waals surface area contributed by atoms with Crippen LogP contribution in [0.1, 0.15) is 26.7 Å². The van der Waals surface area contributed by atoms with Crippen LogP contribution < -0.4 is 11.1 Å². The van der Waals surface area contributed by atoms with E-state index in [0.717, 1.165) is 18.4 Å². The molecule has 0 spiro atoms. The number of carbonyl (C=O) groups is 1. The van der Waals surface area contributed by atoms with Crippen molar-refractivity contribution in [2.75, 3.05) is 13.7 Å². The molecule has 0 aromatic carbocycles. The fourth-order valence-electron chi connectivity index (χ4n) is 2.25. The van der Waals surface area contributed by atoms with Crippen LogP contribution in [0.15, 0.2) is 53.0 Å². The van der Waals surface area contributed by atoms with E-state index >= 15 is 0 Å². The highest BCUT2D eigenvalue weighted by atomic mass is 16.5. The van der Waals surface area contributed by atoms with E-state index in [1.54, 1.807) is 27.2 Å². The van der Waals surface area contributed by atoms with Gasteiger partial charge in [0.15, 0.2) is 0 Å². The van der Waals surface area contributed by atoms with Gasteiger partial charge in [0.2, 0.25) is 0 Å². The molecule has 1 amide bonds. The van der Waals surface area contributed by atoms with Gasteiger partial charge in [-0.2, -0.15) is 0 Å². The number of amides is 1. The van der Waals surface area contributed by atoms with E-state index in [-0.39, 0.29) is 23.7 Å². The van der Waals surface area contributed by atoms with Crippen molar-refractivity contribution in [3.63, 3.8) is 0 Å². The highest BCUT2D eigenvalue weighted by Crippen LogP contribution is 2.24. The van der Waals surface area contributed by atoms with E-state index in [1.807, 2.05) is 0 Å². The maximum Gasteiger partial charge on any atom is 0.275 e. The zero-order chi connectivity index (χ0) is 18.3. The van der Waals surface area contributed by atoms with E-state index in [4.69, 9.17) is 15.2 Å². The summed E-state index contributed by atoms with van der Waals surface area (Å²) in [5.74, 6) is -0.376. The van der Waals surface area contributed by atoms with Gasteiger partial charge in [-0.15, -0.1) is 0 Å². The third-order valence-electron chi connectivity index (χ3n) is 3.72. The Morgan fingerprint density at radius 2 is 2.04 bits per heavy atom. The Labute approximate surface area is 143 Å². The summed E-state index contributed by atoms with van der Waals surface area (Å²) in [7, 11) is 1.65. The van der Waals surface area contributed by atoms with Crippen LogP contribution in [-0.4, -0.2) is 38.0 Å². The predicted octanol–water partition coefficient (Wildman–Crippen LogP) is 2.20. The lowest BCUT2D eigenvalue weighted by atomic mass is 10.1. The largest absolute Gasteiger partial charge is 0.386 e. The molecule has 1 saturated heterocycles. The quantitative estimate of drug-likeness (QED) is 0.405. The van der Waals surface area contributed by atoms with Gasteiger partial charge in [-0.1, -0.05) is 25.3 Å². The second-order valence-electron chi connectivity index (χ2n) is 5.85. The van der Waals surface area contributed by atoms with Crippen LogP contribution in [0.3, 0.4) is 0 Å². The zero-order valence-electron chi connectivity index (χ0n) is 14.7. The summed E-state index contributed by atoms with van der Waals surface area (Å²) in [6.07, 6.45) is 3.27. The Balaban J connectivity index is 2.87. The number of hydrogen-bond acceptors (Lipinski definition) is 5. The van der Waals surface area contributed by atoms with E-state index in [0.29, 0.717) is 17.8 Å². The molecule has 24 heavy (non-hydrogen) atoms. The maximum absolute atomic E-state index is 12.2. The van der Waals surface area contributed by atoms with Crippen molar-refractivity contribution in [2.45, 2.75) is 38.9 Å². The maximum atomic E-state index is 12.2. The van der Waals surface area contributed by atoms with Crippen LogP contribution in [0.4, 0.5) is 0 Å². The number of carbonyl (C=O) groups excluding carboxylic acids is 1. The summed E-state index contributed by atoms with van der Waals surface area (Å²) in [4.78, 5) is 16.5. The van der Waals surface area contributed by atoms with Gasteiger partial charge in [-0.05, 0) is 37.8 Å². The molecule has 1 rings (SSSR count). The van der Waals surface area contributed by atoms with Crippen molar-refractivity contribution < 1.29 is 14.3 Å². The lowest BCUT2D eigenvalue weighted by Crippen LogP contribution is -2.28. The van der Waals surface area contributed by atoms with Gasteiger partial charge in [0.1, 0.15) is 5.70 Å².